The minimum atomic E-state index is -0.184. The Morgan fingerprint density at radius 3 is 2.69 bits per heavy atom. The second-order valence-corrected chi connectivity index (χ2v) is 4.36. The van der Waals surface area contributed by atoms with Gasteiger partial charge in [-0.3, -0.25) is 10.1 Å². The van der Waals surface area contributed by atoms with Gasteiger partial charge in [0.25, 0.3) is 0 Å². The van der Waals surface area contributed by atoms with Gasteiger partial charge in [-0.1, -0.05) is 23.7 Å². The monoisotopic (exact) mass is 239 g/mol. The number of halogens is 1. The van der Waals surface area contributed by atoms with E-state index in [1.807, 2.05) is 24.3 Å². The Morgan fingerprint density at radius 1 is 1.38 bits per heavy atom. The number of ether oxygens (including phenoxy) is 1. The van der Waals surface area contributed by atoms with Crippen LogP contribution < -0.4 is 5.32 Å². The van der Waals surface area contributed by atoms with Gasteiger partial charge in [0.05, 0.1) is 7.11 Å². The summed E-state index contributed by atoms with van der Waals surface area (Å²) in [6, 6.07) is 7.75. The quantitative estimate of drug-likeness (QED) is 0.805. The fourth-order valence-corrected chi connectivity index (χ4v) is 2.15. The molecule has 0 saturated carbocycles. The SMILES string of the molecule is COC(=O)[C@@H]1CC[C@H](c2ccc(Cl)cc2)N1. The molecule has 0 bridgehead atoms. The van der Waals surface area contributed by atoms with Crippen molar-refractivity contribution in [2.45, 2.75) is 24.9 Å². The standard InChI is InChI=1S/C12H14ClNO2/c1-16-12(15)11-7-6-10(14-11)8-2-4-9(13)5-3-8/h2-5,10-11,14H,6-7H2,1H3/t10-,11+/m1/s1. The van der Waals surface area contributed by atoms with Crippen LogP contribution in [0.1, 0.15) is 24.4 Å². The van der Waals surface area contributed by atoms with Gasteiger partial charge in [-0.05, 0) is 30.5 Å². The Morgan fingerprint density at radius 2 is 2.06 bits per heavy atom. The van der Waals surface area contributed by atoms with Crippen LogP contribution in [0.25, 0.3) is 0 Å². The molecule has 0 aliphatic carbocycles. The summed E-state index contributed by atoms with van der Waals surface area (Å²) in [7, 11) is 1.42. The molecule has 0 aromatic heterocycles. The molecule has 4 heteroatoms. The third-order valence-corrected chi connectivity index (χ3v) is 3.16. The summed E-state index contributed by atoms with van der Waals surface area (Å²) in [6.07, 6.45) is 1.77. The highest BCUT2D eigenvalue weighted by Crippen LogP contribution is 2.27. The van der Waals surface area contributed by atoms with Crippen molar-refractivity contribution in [3.05, 3.63) is 34.9 Å². The zero-order chi connectivity index (χ0) is 11.5. The number of carbonyl (C=O) groups is 1. The smallest absolute Gasteiger partial charge is 0.322 e. The number of carbonyl (C=O) groups excluding carboxylic acids is 1. The van der Waals surface area contributed by atoms with E-state index in [1.165, 1.54) is 7.11 Å². The zero-order valence-electron chi connectivity index (χ0n) is 9.07. The summed E-state index contributed by atoms with van der Waals surface area (Å²) >= 11 is 5.83. The second-order valence-electron chi connectivity index (χ2n) is 3.92. The van der Waals surface area contributed by atoms with Gasteiger partial charge >= 0.3 is 5.97 Å². The normalized spacial score (nSPS) is 24.4. The molecule has 0 spiro atoms. The van der Waals surface area contributed by atoms with Crippen molar-refractivity contribution in [3.63, 3.8) is 0 Å². The molecule has 1 fully saturated rings. The van der Waals surface area contributed by atoms with Crippen LogP contribution in [0.15, 0.2) is 24.3 Å². The molecule has 2 atom stereocenters. The minimum absolute atomic E-state index is 0.175. The molecular formula is C12H14ClNO2. The Balaban J connectivity index is 2.03. The fraction of sp³-hybridized carbons (Fsp3) is 0.417. The molecule has 1 aliphatic heterocycles. The molecule has 1 aromatic rings. The highest BCUT2D eigenvalue weighted by molar-refractivity contribution is 6.30. The van der Waals surface area contributed by atoms with Crippen LogP contribution in [0.2, 0.25) is 5.02 Å². The van der Waals surface area contributed by atoms with Crippen molar-refractivity contribution in [2.24, 2.45) is 0 Å². The summed E-state index contributed by atoms with van der Waals surface area (Å²) in [6.45, 7) is 0. The van der Waals surface area contributed by atoms with Crippen molar-refractivity contribution < 1.29 is 9.53 Å². The number of benzene rings is 1. The molecule has 0 amide bonds. The van der Waals surface area contributed by atoms with Gasteiger partial charge < -0.3 is 4.74 Å². The van der Waals surface area contributed by atoms with Crippen molar-refractivity contribution in [1.29, 1.82) is 0 Å². The lowest BCUT2D eigenvalue weighted by Gasteiger charge is -2.13. The summed E-state index contributed by atoms with van der Waals surface area (Å²) in [5.74, 6) is -0.184. The maximum atomic E-state index is 11.3. The van der Waals surface area contributed by atoms with Gasteiger partial charge in [0.1, 0.15) is 6.04 Å². The average molecular weight is 240 g/mol. The van der Waals surface area contributed by atoms with Crippen molar-refractivity contribution in [1.82, 2.24) is 5.32 Å². The van der Waals surface area contributed by atoms with Gasteiger partial charge in [0.15, 0.2) is 0 Å². The Hall–Kier alpha value is -1.06. The molecule has 0 unspecified atom stereocenters. The first-order valence-electron chi connectivity index (χ1n) is 5.30. The van der Waals surface area contributed by atoms with Gasteiger partial charge in [-0.15, -0.1) is 0 Å². The largest absolute Gasteiger partial charge is 0.468 e. The Kier molecular flexibility index (Phi) is 3.46. The van der Waals surface area contributed by atoms with E-state index < -0.39 is 0 Å². The highest BCUT2D eigenvalue weighted by atomic mass is 35.5. The number of esters is 1. The Bertz CT molecular complexity index is 377. The average Bonchev–Trinajstić information content (AvgIpc) is 2.78. The fourth-order valence-electron chi connectivity index (χ4n) is 2.03. The zero-order valence-corrected chi connectivity index (χ0v) is 9.83. The van der Waals surface area contributed by atoms with Gasteiger partial charge in [0.2, 0.25) is 0 Å². The molecule has 0 radical (unpaired) electrons. The predicted octanol–water partition coefficient (Wildman–Crippen LogP) is 2.31. The lowest BCUT2D eigenvalue weighted by molar-refractivity contribution is -0.142. The maximum Gasteiger partial charge on any atom is 0.322 e. The topological polar surface area (TPSA) is 38.3 Å². The first kappa shape index (κ1) is 11.4. The van der Waals surface area contributed by atoms with Crippen molar-refractivity contribution in [3.8, 4) is 0 Å². The number of nitrogens with one attached hydrogen (secondary N) is 1. The van der Waals surface area contributed by atoms with E-state index in [-0.39, 0.29) is 18.1 Å². The van der Waals surface area contributed by atoms with E-state index in [0.717, 1.165) is 23.4 Å². The first-order chi connectivity index (χ1) is 7.70. The minimum Gasteiger partial charge on any atom is -0.468 e. The molecule has 1 aromatic carbocycles. The molecule has 16 heavy (non-hydrogen) atoms. The van der Waals surface area contributed by atoms with Crippen LogP contribution in [0, 0.1) is 0 Å². The van der Waals surface area contributed by atoms with E-state index in [2.05, 4.69) is 5.32 Å². The summed E-state index contributed by atoms with van der Waals surface area (Å²) in [5.41, 5.74) is 1.16. The van der Waals surface area contributed by atoms with Gasteiger partial charge in [0, 0.05) is 11.1 Å². The summed E-state index contributed by atoms with van der Waals surface area (Å²) in [5, 5.41) is 3.99. The molecule has 86 valence electrons. The van der Waals surface area contributed by atoms with Crippen LogP contribution in [0.5, 0.6) is 0 Å². The third kappa shape index (κ3) is 2.36. The first-order valence-corrected chi connectivity index (χ1v) is 5.68. The van der Waals surface area contributed by atoms with Crippen molar-refractivity contribution in [2.75, 3.05) is 7.11 Å². The number of rotatable bonds is 2. The van der Waals surface area contributed by atoms with Crippen LogP contribution in [-0.2, 0) is 9.53 Å². The van der Waals surface area contributed by atoms with E-state index in [9.17, 15) is 4.79 Å². The van der Waals surface area contributed by atoms with E-state index >= 15 is 0 Å². The number of hydrogen-bond acceptors (Lipinski definition) is 3. The van der Waals surface area contributed by atoms with Crippen molar-refractivity contribution >= 4 is 17.6 Å². The maximum absolute atomic E-state index is 11.3. The van der Waals surface area contributed by atoms with Crippen LogP contribution >= 0.6 is 11.6 Å². The van der Waals surface area contributed by atoms with Crippen LogP contribution in [-0.4, -0.2) is 19.1 Å². The van der Waals surface area contributed by atoms with Gasteiger partial charge in [-0.25, -0.2) is 0 Å². The molecule has 2 rings (SSSR count). The summed E-state index contributed by atoms with van der Waals surface area (Å²) in [4.78, 5) is 11.3. The molecule has 1 saturated heterocycles. The number of hydrogen-bond donors (Lipinski definition) is 1. The van der Waals surface area contributed by atoms with E-state index in [0.29, 0.717) is 0 Å². The second kappa shape index (κ2) is 4.85. The number of methoxy groups -OCH3 is 1. The molecule has 3 nitrogen and oxygen atoms in total. The molecule has 1 N–H and O–H groups in total. The lowest BCUT2D eigenvalue weighted by Crippen LogP contribution is -2.33. The molecule has 1 aliphatic rings. The lowest BCUT2D eigenvalue weighted by atomic mass is 10.1. The Labute approximate surface area is 99.7 Å². The summed E-state index contributed by atoms with van der Waals surface area (Å²) < 4.78 is 4.71. The third-order valence-electron chi connectivity index (χ3n) is 2.90. The van der Waals surface area contributed by atoms with E-state index in [4.69, 9.17) is 16.3 Å². The van der Waals surface area contributed by atoms with Gasteiger partial charge in [-0.2, -0.15) is 0 Å². The molecular weight excluding hydrogens is 226 g/mol. The predicted molar refractivity (Wildman–Crippen MR) is 62.4 cm³/mol. The van der Waals surface area contributed by atoms with E-state index in [1.54, 1.807) is 0 Å². The van der Waals surface area contributed by atoms with Crippen LogP contribution in [0.4, 0.5) is 0 Å². The highest BCUT2D eigenvalue weighted by Gasteiger charge is 2.30. The molecule has 1 heterocycles. The van der Waals surface area contributed by atoms with Crippen LogP contribution in [0.3, 0.4) is 0 Å².